The zero-order valence-electron chi connectivity index (χ0n) is 14.2. The standard InChI is InChI=1S/C20H18N4O/c1-14-5-6-18(10-15(14)2)24-9-7-17(11-21)19(24)20(25)23-13-16-4-3-8-22-12-16/h3-10,12H,13H2,1-2H3,(H,23,25). The number of nitrogens with zero attached hydrogens (tertiary/aromatic N) is 3. The molecule has 0 unspecified atom stereocenters. The number of carbonyl (C=O) groups is 1. The van der Waals surface area contributed by atoms with Gasteiger partial charge in [0.15, 0.2) is 0 Å². The topological polar surface area (TPSA) is 70.7 Å². The third kappa shape index (κ3) is 3.43. The molecule has 0 fully saturated rings. The quantitative estimate of drug-likeness (QED) is 0.798. The van der Waals surface area contributed by atoms with E-state index in [1.54, 1.807) is 29.2 Å². The molecule has 5 nitrogen and oxygen atoms in total. The highest BCUT2D eigenvalue weighted by atomic mass is 16.1. The summed E-state index contributed by atoms with van der Waals surface area (Å²) in [5.74, 6) is -0.288. The lowest BCUT2D eigenvalue weighted by atomic mass is 10.1. The molecular formula is C20H18N4O. The second-order valence-electron chi connectivity index (χ2n) is 5.87. The van der Waals surface area contributed by atoms with Crippen LogP contribution in [0.3, 0.4) is 0 Å². The Morgan fingerprint density at radius 2 is 2.08 bits per heavy atom. The van der Waals surface area contributed by atoms with E-state index in [-0.39, 0.29) is 5.91 Å². The monoisotopic (exact) mass is 330 g/mol. The zero-order valence-corrected chi connectivity index (χ0v) is 14.2. The minimum atomic E-state index is -0.288. The Labute approximate surface area is 146 Å². The van der Waals surface area contributed by atoms with Crippen LogP contribution in [0.15, 0.2) is 55.0 Å². The Morgan fingerprint density at radius 3 is 2.76 bits per heavy atom. The lowest BCUT2D eigenvalue weighted by Gasteiger charge is -2.12. The van der Waals surface area contributed by atoms with Crippen LogP contribution in [-0.4, -0.2) is 15.5 Å². The Bertz CT molecular complexity index is 952. The van der Waals surface area contributed by atoms with Crippen LogP contribution in [0.2, 0.25) is 0 Å². The number of amides is 1. The lowest BCUT2D eigenvalue weighted by molar-refractivity contribution is 0.0944. The van der Waals surface area contributed by atoms with Crippen molar-refractivity contribution >= 4 is 5.91 Å². The number of carbonyl (C=O) groups excluding carboxylic acids is 1. The molecule has 2 aromatic heterocycles. The van der Waals surface area contributed by atoms with Crippen LogP contribution in [0.25, 0.3) is 5.69 Å². The van der Waals surface area contributed by atoms with Crippen LogP contribution in [0.1, 0.15) is 32.7 Å². The maximum absolute atomic E-state index is 12.7. The predicted molar refractivity (Wildman–Crippen MR) is 95.4 cm³/mol. The minimum Gasteiger partial charge on any atom is -0.347 e. The second-order valence-corrected chi connectivity index (χ2v) is 5.87. The molecule has 2 heterocycles. The third-order valence-electron chi connectivity index (χ3n) is 4.17. The van der Waals surface area contributed by atoms with E-state index < -0.39 is 0 Å². The van der Waals surface area contributed by atoms with E-state index in [1.165, 1.54) is 5.56 Å². The van der Waals surface area contributed by atoms with E-state index in [0.29, 0.717) is 17.8 Å². The number of hydrogen-bond acceptors (Lipinski definition) is 3. The molecule has 0 aliphatic carbocycles. The molecule has 5 heteroatoms. The van der Waals surface area contributed by atoms with Gasteiger partial charge in [-0.25, -0.2) is 0 Å². The summed E-state index contributed by atoms with van der Waals surface area (Å²) < 4.78 is 1.75. The summed E-state index contributed by atoms with van der Waals surface area (Å²) in [6.45, 7) is 4.42. The molecule has 0 aliphatic heterocycles. The van der Waals surface area contributed by atoms with Crippen molar-refractivity contribution in [1.82, 2.24) is 14.9 Å². The van der Waals surface area contributed by atoms with Crippen LogP contribution in [0.4, 0.5) is 0 Å². The van der Waals surface area contributed by atoms with Crippen molar-refractivity contribution < 1.29 is 4.79 Å². The highest BCUT2D eigenvalue weighted by Gasteiger charge is 2.18. The molecular weight excluding hydrogens is 312 g/mol. The number of benzene rings is 1. The smallest absolute Gasteiger partial charge is 0.269 e. The van der Waals surface area contributed by atoms with Crippen molar-refractivity contribution in [2.75, 3.05) is 0 Å². The average molecular weight is 330 g/mol. The molecule has 0 atom stereocenters. The van der Waals surface area contributed by atoms with Gasteiger partial charge >= 0.3 is 0 Å². The summed E-state index contributed by atoms with van der Waals surface area (Å²) in [7, 11) is 0. The molecule has 3 rings (SSSR count). The van der Waals surface area contributed by atoms with E-state index >= 15 is 0 Å². The SMILES string of the molecule is Cc1ccc(-n2ccc(C#N)c2C(=O)NCc2cccnc2)cc1C. The first kappa shape index (κ1) is 16.5. The van der Waals surface area contributed by atoms with E-state index in [4.69, 9.17) is 0 Å². The predicted octanol–water partition coefficient (Wildman–Crippen LogP) is 3.29. The summed E-state index contributed by atoms with van der Waals surface area (Å²) in [5, 5.41) is 12.2. The molecule has 0 radical (unpaired) electrons. The van der Waals surface area contributed by atoms with Crippen LogP contribution in [0, 0.1) is 25.2 Å². The van der Waals surface area contributed by atoms with Crippen molar-refractivity contribution in [3.05, 3.63) is 82.9 Å². The van der Waals surface area contributed by atoms with Gasteiger partial charge in [0.1, 0.15) is 11.8 Å². The van der Waals surface area contributed by atoms with Gasteiger partial charge in [0.05, 0.1) is 5.56 Å². The normalized spacial score (nSPS) is 10.3. The molecule has 0 saturated heterocycles. The highest BCUT2D eigenvalue weighted by molar-refractivity contribution is 5.95. The van der Waals surface area contributed by atoms with Gasteiger partial charge in [-0.2, -0.15) is 5.26 Å². The Hall–Kier alpha value is -3.39. The van der Waals surface area contributed by atoms with Crippen molar-refractivity contribution in [2.24, 2.45) is 0 Å². The van der Waals surface area contributed by atoms with Crippen LogP contribution >= 0.6 is 0 Å². The zero-order chi connectivity index (χ0) is 17.8. The Kier molecular flexibility index (Phi) is 4.62. The third-order valence-corrected chi connectivity index (χ3v) is 4.17. The molecule has 1 N–H and O–H groups in total. The van der Waals surface area contributed by atoms with Crippen molar-refractivity contribution in [2.45, 2.75) is 20.4 Å². The summed E-state index contributed by atoms with van der Waals surface area (Å²) in [4.78, 5) is 16.7. The molecule has 0 aliphatic rings. The largest absolute Gasteiger partial charge is 0.347 e. The van der Waals surface area contributed by atoms with E-state index in [2.05, 4.69) is 16.4 Å². The number of nitriles is 1. The molecule has 0 saturated carbocycles. The molecule has 3 aromatic rings. The van der Waals surface area contributed by atoms with Crippen molar-refractivity contribution in [3.63, 3.8) is 0 Å². The van der Waals surface area contributed by atoms with Gasteiger partial charge in [0.2, 0.25) is 0 Å². The van der Waals surface area contributed by atoms with Gasteiger partial charge < -0.3 is 9.88 Å². The van der Waals surface area contributed by atoms with Crippen LogP contribution in [-0.2, 0) is 6.54 Å². The van der Waals surface area contributed by atoms with Gasteiger partial charge in [-0.1, -0.05) is 12.1 Å². The Balaban J connectivity index is 1.92. The average Bonchev–Trinajstić information content (AvgIpc) is 3.07. The molecule has 0 spiro atoms. The maximum Gasteiger partial charge on any atom is 0.269 e. The van der Waals surface area contributed by atoms with E-state index in [1.807, 2.05) is 44.2 Å². The first-order chi connectivity index (χ1) is 12.1. The Morgan fingerprint density at radius 1 is 1.24 bits per heavy atom. The lowest BCUT2D eigenvalue weighted by Crippen LogP contribution is -2.26. The first-order valence-electron chi connectivity index (χ1n) is 7.96. The van der Waals surface area contributed by atoms with Gasteiger partial charge in [0, 0.05) is 30.8 Å². The fourth-order valence-corrected chi connectivity index (χ4v) is 2.61. The van der Waals surface area contributed by atoms with Crippen molar-refractivity contribution in [1.29, 1.82) is 5.26 Å². The van der Waals surface area contributed by atoms with E-state index in [0.717, 1.165) is 16.8 Å². The summed E-state index contributed by atoms with van der Waals surface area (Å²) >= 11 is 0. The molecule has 25 heavy (non-hydrogen) atoms. The number of aromatic nitrogens is 2. The second kappa shape index (κ2) is 7.02. The fraction of sp³-hybridized carbons (Fsp3) is 0.150. The van der Waals surface area contributed by atoms with Gasteiger partial charge in [0.25, 0.3) is 5.91 Å². The van der Waals surface area contributed by atoms with Crippen LogP contribution in [0.5, 0.6) is 0 Å². The number of nitrogens with one attached hydrogen (secondary N) is 1. The highest BCUT2D eigenvalue weighted by Crippen LogP contribution is 2.20. The van der Waals surface area contributed by atoms with Gasteiger partial charge in [-0.3, -0.25) is 9.78 Å². The summed E-state index contributed by atoms with van der Waals surface area (Å²) in [6.07, 6.45) is 5.14. The number of rotatable bonds is 4. The van der Waals surface area contributed by atoms with Crippen molar-refractivity contribution in [3.8, 4) is 11.8 Å². The number of aryl methyl sites for hydroxylation is 2. The summed E-state index contributed by atoms with van der Waals surface area (Å²) in [6, 6.07) is 13.4. The van der Waals surface area contributed by atoms with Gasteiger partial charge in [-0.15, -0.1) is 0 Å². The fourth-order valence-electron chi connectivity index (χ4n) is 2.61. The molecule has 1 aromatic carbocycles. The van der Waals surface area contributed by atoms with Crippen LogP contribution < -0.4 is 5.32 Å². The first-order valence-corrected chi connectivity index (χ1v) is 7.96. The summed E-state index contributed by atoms with van der Waals surface area (Å²) in [5.41, 5.74) is 4.76. The maximum atomic E-state index is 12.7. The minimum absolute atomic E-state index is 0.288. The molecule has 1 amide bonds. The number of hydrogen-bond donors (Lipinski definition) is 1. The van der Waals surface area contributed by atoms with E-state index in [9.17, 15) is 10.1 Å². The molecule has 0 bridgehead atoms. The molecule has 124 valence electrons. The number of pyridine rings is 1. The van der Waals surface area contributed by atoms with Gasteiger partial charge in [-0.05, 0) is 54.8 Å².